The van der Waals surface area contributed by atoms with Crippen LogP contribution in [0, 0.1) is 13.8 Å². The van der Waals surface area contributed by atoms with Crippen molar-refractivity contribution in [2.24, 2.45) is 0 Å². The van der Waals surface area contributed by atoms with Crippen LogP contribution in [0.4, 0.5) is 0 Å². The molecule has 2 aromatic carbocycles. The van der Waals surface area contributed by atoms with Crippen molar-refractivity contribution in [1.29, 1.82) is 0 Å². The standard InChI is InChI=1S/C21H29NOSi/c1-6-7-21(22-18(4)23)24(5,19-12-8-16(2)9-13-19)20-14-10-17(3)11-15-20/h8-15,21H,6-7H2,1-5H3,(H,22,23)/t21-/m1/s1. The molecule has 0 fully saturated rings. The number of hydrogen-bond acceptors (Lipinski definition) is 1. The largest absolute Gasteiger partial charge is 0.355 e. The first-order chi connectivity index (χ1) is 11.4. The van der Waals surface area contributed by atoms with E-state index in [1.165, 1.54) is 21.5 Å². The molecule has 2 aromatic rings. The molecule has 0 bridgehead atoms. The van der Waals surface area contributed by atoms with Crippen molar-refractivity contribution in [3.05, 3.63) is 59.7 Å². The Kier molecular flexibility index (Phi) is 6.00. The molecule has 0 unspecified atom stereocenters. The van der Waals surface area contributed by atoms with Crippen molar-refractivity contribution < 1.29 is 4.79 Å². The molecule has 0 heterocycles. The Morgan fingerprint density at radius 3 is 1.71 bits per heavy atom. The summed E-state index contributed by atoms with van der Waals surface area (Å²) in [5, 5.41) is 6.03. The highest BCUT2D eigenvalue weighted by Crippen LogP contribution is 2.16. The Morgan fingerprint density at radius 1 is 0.958 bits per heavy atom. The summed E-state index contributed by atoms with van der Waals surface area (Å²) in [6.07, 6.45) is 2.06. The lowest BCUT2D eigenvalue weighted by molar-refractivity contribution is -0.119. The van der Waals surface area contributed by atoms with Gasteiger partial charge in [0.2, 0.25) is 5.91 Å². The van der Waals surface area contributed by atoms with Crippen LogP contribution in [0.15, 0.2) is 48.5 Å². The molecular formula is C21H29NOSi. The fourth-order valence-electron chi connectivity index (χ4n) is 3.41. The summed E-state index contributed by atoms with van der Waals surface area (Å²) in [6, 6.07) is 17.8. The van der Waals surface area contributed by atoms with Crippen LogP contribution in [0.5, 0.6) is 0 Å². The molecule has 0 aliphatic carbocycles. The zero-order valence-corrected chi connectivity index (χ0v) is 16.5. The van der Waals surface area contributed by atoms with Gasteiger partial charge in [0.15, 0.2) is 0 Å². The third-order valence-corrected chi connectivity index (χ3v) is 9.85. The second kappa shape index (κ2) is 7.80. The Morgan fingerprint density at radius 2 is 1.38 bits per heavy atom. The maximum atomic E-state index is 11.9. The van der Waals surface area contributed by atoms with Gasteiger partial charge in [0.05, 0.1) is 0 Å². The lowest BCUT2D eigenvalue weighted by atomic mass is 10.2. The van der Waals surface area contributed by atoms with Crippen LogP contribution in [0.25, 0.3) is 0 Å². The molecular weight excluding hydrogens is 310 g/mol. The molecule has 0 saturated carbocycles. The molecule has 1 amide bonds. The molecule has 3 heteroatoms. The van der Waals surface area contributed by atoms with Gasteiger partial charge in [-0.15, -0.1) is 0 Å². The van der Waals surface area contributed by atoms with Crippen molar-refractivity contribution >= 4 is 24.4 Å². The summed E-state index contributed by atoms with van der Waals surface area (Å²) in [6.45, 7) is 10.4. The number of aryl methyl sites for hydroxylation is 2. The molecule has 2 rings (SSSR count). The Hall–Kier alpha value is -1.87. The van der Waals surface area contributed by atoms with Crippen molar-refractivity contribution in [2.75, 3.05) is 0 Å². The number of hydrogen-bond donors (Lipinski definition) is 1. The Labute approximate surface area is 147 Å². The maximum Gasteiger partial charge on any atom is 0.216 e. The van der Waals surface area contributed by atoms with Crippen LogP contribution in [-0.2, 0) is 4.79 Å². The highest BCUT2D eigenvalue weighted by Gasteiger charge is 2.40. The zero-order valence-electron chi connectivity index (χ0n) is 15.5. The van der Waals surface area contributed by atoms with E-state index in [2.05, 4.69) is 81.2 Å². The van der Waals surface area contributed by atoms with Crippen molar-refractivity contribution in [3.63, 3.8) is 0 Å². The van der Waals surface area contributed by atoms with Gasteiger partial charge in [-0.1, -0.05) is 89.9 Å². The molecule has 1 atom stereocenters. The van der Waals surface area contributed by atoms with Crippen molar-refractivity contribution in [2.45, 2.75) is 52.7 Å². The smallest absolute Gasteiger partial charge is 0.216 e. The van der Waals surface area contributed by atoms with E-state index in [-0.39, 0.29) is 11.6 Å². The second-order valence-corrected chi connectivity index (χ2v) is 11.2. The zero-order chi connectivity index (χ0) is 17.7. The lowest BCUT2D eigenvalue weighted by Crippen LogP contribution is -2.69. The van der Waals surface area contributed by atoms with E-state index in [9.17, 15) is 4.79 Å². The molecule has 2 nitrogen and oxygen atoms in total. The minimum atomic E-state index is -2.09. The van der Waals surface area contributed by atoms with E-state index in [1.54, 1.807) is 6.92 Å². The molecule has 0 aliphatic rings. The number of rotatable bonds is 6. The molecule has 0 spiro atoms. The average Bonchev–Trinajstić information content (AvgIpc) is 2.54. The SMILES string of the molecule is CCC[C@H](NC(C)=O)[Si](C)(c1ccc(C)cc1)c1ccc(C)cc1. The van der Waals surface area contributed by atoms with Gasteiger partial charge in [-0.2, -0.15) is 0 Å². The van der Waals surface area contributed by atoms with E-state index in [1.807, 2.05) is 0 Å². The molecule has 0 saturated heterocycles. The van der Waals surface area contributed by atoms with Gasteiger partial charge in [-0.05, 0) is 20.3 Å². The van der Waals surface area contributed by atoms with E-state index in [0.29, 0.717) is 0 Å². The second-order valence-electron chi connectivity index (χ2n) is 6.98. The van der Waals surface area contributed by atoms with Gasteiger partial charge >= 0.3 is 0 Å². The van der Waals surface area contributed by atoms with Gasteiger partial charge < -0.3 is 5.32 Å². The van der Waals surface area contributed by atoms with Gasteiger partial charge in [0.25, 0.3) is 0 Å². The molecule has 0 aliphatic heterocycles. The van der Waals surface area contributed by atoms with Crippen LogP contribution in [0.1, 0.15) is 37.8 Å². The summed E-state index contributed by atoms with van der Waals surface area (Å²) in [7, 11) is -2.09. The first kappa shape index (κ1) is 18.5. The third kappa shape index (κ3) is 3.96. The molecule has 1 N–H and O–H groups in total. The summed E-state index contributed by atoms with van der Waals surface area (Å²) in [4.78, 5) is 11.9. The topological polar surface area (TPSA) is 29.1 Å². The minimum Gasteiger partial charge on any atom is -0.355 e. The van der Waals surface area contributed by atoms with E-state index in [0.717, 1.165) is 12.8 Å². The molecule has 0 radical (unpaired) electrons. The van der Waals surface area contributed by atoms with Crippen LogP contribution in [0.2, 0.25) is 6.55 Å². The highest BCUT2D eigenvalue weighted by molar-refractivity contribution is 7.02. The quantitative estimate of drug-likeness (QED) is 0.804. The Bertz CT molecular complexity index is 630. The Balaban J connectivity index is 2.59. The predicted octanol–water partition coefficient (Wildman–Crippen LogP) is 3.34. The van der Waals surface area contributed by atoms with E-state index in [4.69, 9.17) is 0 Å². The van der Waals surface area contributed by atoms with Crippen molar-refractivity contribution in [1.82, 2.24) is 5.32 Å². The highest BCUT2D eigenvalue weighted by atomic mass is 28.3. The average molecular weight is 340 g/mol. The molecule has 0 aromatic heterocycles. The van der Waals surface area contributed by atoms with Gasteiger partial charge in [-0.25, -0.2) is 0 Å². The first-order valence-electron chi connectivity index (χ1n) is 8.79. The fraction of sp³-hybridized carbons (Fsp3) is 0.381. The lowest BCUT2D eigenvalue weighted by Gasteiger charge is -2.37. The van der Waals surface area contributed by atoms with Crippen LogP contribution < -0.4 is 15.7 Å². The van der Waals surface area contributed by atoms with Gasteiger partial charge in [0, 0.05) is 12.6 Å². The van der Waals surface area contributed by atoms with Gasteiger partial charge in [0.1, 0.15) is 8.07 Å². The molecule has 128 valence electrons. The monoisotopic (exact) mass is 339 g/mol. The van der Waals surface area contributed by atoms with Gasteiger partial charge in [-0.3, -0.25) is 4.79 Å². The summed E-state index contributed by atoms with van der Waals surface area (Å²) in [5.74, 6) is 0.0615. The minimum absolute atomic E-state index is 0.0615. The first-order valence-corrected chi connectivity index (χ1v) is 11.4. The maximum absolute atomic E-state index is 11.9. The summed E-state index contributed by atoms with van der Waals surface area (Å²) in [5.41, 5.74) is 2.74. The van der Waals surface area contributed by atoms with Crippen LogP contribution >= 0.6 is 0 Å². The van der Waals surface area contributed by atoms with E-state index < -0.39 is 8.07 Å². The van der Waals surface area contributed by atoms with Crippen LogP contribution in [-0.4, -0.2) is 19.6 Å². The number of nitrogens with one attached hydrogen (secondary N) is 1. The summed E-state index contributed by atoms with van der Waals surface area (Å²) >= 11 is 0. The number of carbonyl (C=O) groups excluding carboxylic acids is 1. The predicted molar refractivity (Wildman–Crippen MR) is 106 cm³/mol. The summed E-state index contributed by atoms with van der Waals surface area (Å²) < 4.78 is 0. The van der Waals surface area contributed by atoms with Crippen molar-refractivity contribution in [3.8, 4) is 0 Å². The third-order valence-electron chi connectivity index (χ3n) is 4.95. The van der Waals surface area contributed by atoms with Crippen LogP contribution in [0.3, 0.4) is 0 Å². The van der Waals surface area contributed by atoms with E-state index >= 15 is 0 Å². The number of amides is 1. The molecule has 24 heavy (non-hydrogen) atoms. The fourth-order valence-corrected chi connectivity index (χ4v) is 7.62. The number of carbonyl (C=O) groups is 1. The number of benzene rings is 2. The normalized spacial score (nSPS) is 12.7.